The van der Waals surface area contributed by atoms with Crippen LogP contribution in [0.15, 0.2) is 72.4 Å². The molecule has 156 valence electrons. The molecule has 0 saturated carbocycles. The number of carbonyl (C=O) groups excluding carboxylic acids is 2. The minimum absolute atomic E-state index is 0.241. The Kier molecular flexibility index (Phi) is 5.47. The molecule has 3 aromatic rings. The normalized spacial score (nSPS) is 13.9. The monoisotopic (exact) mass is 410 g/mol. The van der Waals surface area contributed by atoms with Gasteiger partial charge in [0.25, 0.3) is 11.8 Å². The number of hydrogen-bond donors (Lipinski definition) is 1. The van der Waals surface area contributed by atoms with Crippen LogP contribution in [-0.2, 0) is 16.1 Å². The van der Waals surface area contributed by atoms with Gasteiger partial charge in [0, 0.05) is 5.69 Å². The molecule has 0 radical (unpaired) electrons. The topological polar surface area (TPSA) is 49.4 Å². The van der Waals surface area contributed by atoms with Crippen molar-refractivity contribution in [1.29, 1.82) is 0 Å². The van der Waals surface area contributed by atoms with E-state index < -0.39 is 0 Å². The van der Waals surface area contributed by atoms with Crippen LogP contribution >= 0.6 is 0 Å². The van der Waals surface area contributed by atoms with Gasteiger partial charge >= 0.3 is 0 Å². The molecule has 2 amide bonds. The number of anilines is 1. The maximum absolute atomic E-state index is 13.5. The zero-order valence-corrected chi connectivity index (χ0v) is 18.3. The van der Waals surface area contributed by atoms with Crippen molar-refractivity contribution in [2.45, 2.75) is 34.2 Å². The highest BCUT2D eigenvalue weighted by atomic mass is 16.2. The lowest BCUT2D eigenvalue weighted by molar-refractivity contribution is -0.137. The third-order valence-corrected chi connectivity index (χ3v) is 5.49. The van der Waals surface area contributed by atoms with Crippen molar-refractivity contribution in [3.05, 3.63) is 106 Å². The van der Waals surface area contributed by atoms with E-state index in [1.807, 2.05) is 88.4 Å². The van der Waals surface area contributed by atoms with Crippen LogP contribution in [0.2, 0.25) is 0 Å². The van der Waals surface area contributed by atoms with Crippen LogP contribution in [0.3, 0.4) is 0 Å². The summed E-state index contributed by atoms with van der Waals surface area (Å²) in [5.74, 6) is -0.573. The predicted molar refractivity (Wildman–Crippen MR) is 124 cm³/mol. The van der Waals surface area contributed by atoms with Crippen molar-refractivity contribution < 1.29 is 9.59 Å². The zero-order valence-electron chi connectivity index (χ0n) is 18.3. The fourth-order valence-electron chi connectivity index (χ4n) is 4.14. The van der Waals surface area contributed by atoms with Gasteiger partial charge in [0.2, 0.25) is 0 Å². The first-order valence-electron chi connectivity index (χ1n) is 10.4. The molecule has 1 aliphatic rings. The number of rotatable bonds is 5. The molecule has 0 unspecified atom stereocenters. The largest absolute Gasteiger partial charge is 0.350 e. The van der Waals surface area contributed by atoms with Gasteiger partial charge < -0.3 is 5.32 Å². The van der Waals surface area contributed by atoms with E-state index in [0.717, 1.165) is 39.1 Å². The molecular formula is C27H26N2O2. The van der Waals surface area contributed by atoms with E-state index in [0.29, 0.717) is 11.3 Å². The van der Waals surface area contributed by atoms with Crippen LogP contribution in [0.25, 0.3) is 5.57 Å². The highest BCUT2D eigenvalue weighted by molar-refractivity contribution is 6.36. The van der Waals surface area contributed by atoms with Crippen LogP contribution in [0.1, 0.15) is 33.4 Å². The maximum Gasteiger partial charge on any atom is 0.278 e. The van der Waals surface area contributed by atoms with Gasteiger partial charge in [-0.1, -0.05) is 60.2 Å². The van der Waals surface area contributed by atoms with Crippen molar-refractivity contribution in [3.8, 4) is 0 Å². The van der Waals surface area contributed by atoms with Crippen LogP contribution in [-0.4, -0.2) is 16.7 Å². The van der Waals surface area contributed by atoms with Gasteiger partial charge in [0.1, 0.15) is 5.70 Å². The van der Waals surface area contributed by atoms with Gasteiger partial charge in [0.15, 0.2) is 0 Å². The quantitative estimate of drug-likeness (QED) is 0.580. The van der Waals surface area contributed by atoms with Gasteiger partial charge in [-0.15, -0.1) is 0 Å². The van der Waals surface area contributed by atoms with E-state index in [9.17, 15) is 9.59 Å². The highest BCUT2D eigenvalue weighted by Gasteiger charge is 2.39. The molecule has 3 aromatic carbocycles. The van der Waals surface area contributed by atoms with Gasteiger partial charge in [0.05, 0.1) is 12.1 Å². The number of aryl methyl sites for hydroxylation is 4. The average molecular weight is 411 g/mol. The van der Waals surface area contributed by atoms with Crippen molar-refractivity contribution in [3.63, 3.8) is 0 Å². The molecule has 1 N–H and O–H groups in total. The number of imide groups is 1. The third-order valence-electron chi connectivity index (χ3n) is 5.49. The minimum atomic E-state index is -0.303. The van der Waals surface area contributed by atoms with Gasteiger partial charge in [-0.2, -0.15) is 0 Å². The summed E-state index contributed by atoms with van der Waals surface area (Å²) in [6.45, 7) is 8.26. The van der Waals surface area contributed by atoms with Crippen molar-refractivity contribution >= 4 is 23.1 Å². The summed E-state index contributed by atoms with van der Waals surface area (Å²) in [4.78, 5) is 28.3. The van der Waals surface area contributed by atoms with E-state index in [2.05, 4.69) is 11.4 Å². The predicted octanol–water partition coefficient (Wildman–Crippen LogP) is 5.31. The number of benzene rings is 3. The molecular weight excluding hydrogens is 384 g/mol. The number of carbonyl (C=O) groups is 2. The van der Waals surface area contributed by atoms with Crippen molar-refractivity contribution in [2.24, 2.45) is 0 Å². The van der Waals surface area contributed by atoms with Crippen molar-refractivity contribution in [1.82, 2.24) is 4.90 Å². The molecule has 0 aliphatic carbocycles. The summed E-state index contributed by atoms with van der Waals surface area (Å²) in [6, 6.07) is 21.6. The number of nitrogens with one attached hydrogen (secondary N) is 1. The Bertz CT molecular complexity index is 1190. The Morgan fingerprint density at radius 2 is 1.42 bits per heavy atom. The molecule has 0 aromatic heterocycles. The van der Waals surface area contributed by atoms with Gasteiger partial charge in [-0.05, 0) is 67.6 Å². The zero-order chi connectivity index (χ0) is 22.1. The highest BCUT2D eigenvalue weighted by Crippen LogP contribution is 2.33. The lowest BCUT2D eigenvalue weighted by atomic mass is 9.97. The lowest BCUT2D eigenvalue weighted by Gasteiger charge is -2.15. The Balaban J connectivity index is 1.80. The SMILES string of the molecule is Cc1cc(C)cc(NC2=C(c3ccc(C)cc3C)C(=O)N(Cc3ccccc3)C2=O)c1. The first-order chi connectivity index (χ1) is 14.8. The molecule has 1 aliphatic heterocycles. The summed E-state index contributed by atoms with van der Waals surface area (Å²) in [5.41, 5.74) is 7.53. The molecule has 31 heavy (non-hydrogen) atoms. The number of nitrogens with zero attached hydrogens (tertiary/aromatic N) is 1. The summed E-state index contributed by atoms with van der Waals surface area (Å²) < 4.78 is 0. The van der Waals surface area contributed by atoms with Crippen LogP contribution in [0.5, 0.6) is 0 Å². The van der Waals surface area contributed by atoms with E-state index in [1.165, 1.54) is 4.90 Å². The third kappa shape index (κ3) is 4.15. The lowest BCUT2D eigenvalue weighted by Crippen LogP contribution is -2.32. The molecule has 0 saturated heterocycles. The minimum Gasteiger partial charge on any atom is -0.350 e. The summed E-state index contributed by atoms with van der Waals surface area (Å²) >= 11 is 0. The van der Waals surface area contributed by atoms with Gasteiger partial charge in [-0.3, -0.25) is 14.5 Å². The van der Waals surface area contributed by atoms with Crippen LogP contribution in [0.4, 0.5) is 5.69 Å². The Labute approximate surface area is 183 Å². The fraction of sp³-hybridized carbons (Fsp3) is 0.185. The molecule has 4 nitrogen and oxygen atoms in total. The molecule has 1 heterocycles. The Hall–Kier alpha value is -3.66. The first kappa shape index (κ1) is 20.6. The van der Waals surface area contributed by atoms with E-state index in [-0.39, 0.29) is 18.4 Å². The summed E-state index contributed by atoms with van der Waals surface area (Å²) in [7, 11) is 0. The summed E-state index contributed by atoms with van der Waals surface area (Å²) in [5, 5.41) is 3.28. The average Bonchev–Trinajstić information content (AvgIpc) is 2.93. The van der Waals surface area contributed by atoms with Crippen LogP contribution < -0.4 is 5.32 Å². The van der Waals surface area contributed by atoms with Crippen LogP contribution in [0, 0.1) is 27.7 Å². The number of hydrogen-bond acceptors (Lipinski definition) is 3. The van der Waals surface area contributed by atoms with E-state index >= 15 is 0 Å². The van der Waals surface area contributed by atoms with E-state index in [1.54, 1.807) is 0 Å². The molecule has 0 atom stereocenters. The smallest absolute Gasteiger partial charge is 0.278 e. The van der Waals surface area contributed by atoms with Gasteiger partial charge in [-0.25, -0.2) is 0 Å². The second-order valence-corrected chi connectivity index (χ2v) is 8.25. The maximum atomic E-state index is 13.5. The molecule has 0 bridgehead atoms. The summed E-state index contributed by atoms with van der Waals surface area (Å²) in [6.07, 6.45) is 0. The Morgan fingerprint density at radius 1 is 0.742 bits per heavy atom. The number of amides is 2. The standard InChI is InChI=1S/C27H26N2O2/c1-17-10-11-23(20(4)13-17)24-25(28-22-14-18(2)12-19(3)15-22)27(31)29(26(24)30)16-21-8-6-5-7-9-21/h5-15,28H,16H2,1-4H3. The Morgan fingerprint density at radius 3 is 2.06 bits per heavy atom. The van der Waals surface area contributed by atoms with Crippen molar-refractivity contribution in [2.75, 3.05) is 5.32 Å². The molecule has 4 heteroatoms. The van der Waals surface area contributed by atoms with E-state index in [4.69, 9.17) is 0 Å². The molecule has 0 fully saturated rings. The second kappa shape index (κ2) is 8.23. The molecule has 4 rings (SSSR count). The molecule has 0 spiro atoms. The first-order valence-corrected chi connectivity index (χ1v) is 10.4. The fourth-order valence-corrected chi connectivity index (χ4v) is 4.14. The second-order valence-electron chi connectivity index (χ2n) is 8.25.